The first-order valence-corrected chi connectivity index (χ1v) is 24.4. The van der Waals surface area contributed by atoms with Gasteiger partial charge in [0.15, 0.2) is 0 Å². The number of ether oxygens (including phenoxy) is 3. The number of rotatable bonds is 40. The zero-order valence-electron chi connectivity index (χ0n) is 37.7. The average Bonchev–Trinajstić information content (AvgIpc) is 3.20. The highest BCUT2D eigenvalue weighted by molar-refractivity contribution is 5.71. The average molecular weight is 824 g/mol. The summed E-state index contributed by atoms with van der Waals surface area (Å²) in [5.41, 5.74) is 0. The van der Waals surface area contributed by atoms with E-state index in [1.807, 2.05) is 0 Å². The number of carboxylic acids is 2. The molecule has 0 aromatic carbocycles. The number of carboxylic acid groups (broad SMARTS) is 2. The van der Waals surface area contributed by atoms with Gasteiger partial charge in [-0.3, -0.25) is 14.4 Å². The quantitative estimate of drug-likeness (QED) is 0.0453. The van der Waals surface area contributed by atoms with Gasteiger partial charge in [0, 0.05) is 19.4 Å². The Labute approximate surface area is 354 Å². The van der Waals surface area contributed by atoms with Crippen molar-refractivity contribution >= 4 is 24.1 Å². The standard InChI is InChI=1S/C48H89NO9/c1-4-7-10-13-14-15-16-17-18-22-31-44(58-48(55)57-37-27-36-49-34-25-19-26-35-49)33-38-56-45(50)32-24-23-28-41(39-42(46(51)52)29-20-11-8-5-2)40-43(47(53)54)30-21-12-9-6-3/h41-44H,4-40H2,1-3H3,(H,51,52)(H,53,54). The second-order valence-corrected chi connectivity index (χ2v) is 17.4. The maximum atomic E-state index is 12.8. The van der Waals surface area contributed by atoms with Crippen molar-refractivity contribution < 1.29 is 43.6 Å². The van der Waals surface area contributed by atoms with Crippen molar-refractivity contribution in [3.63, 3.8) is 0 Å². The molecule has 0 amide bonds. The van der Waals surface area contributed by atoms with Gasteiger partial charge in [0.1, 0.15) is 6.10 Å². The van der Waals surface area contributed by atoms with Crippen LogP contribution in [0.2, 0.25) is 0 Å². The first-order chi connectivity index (χ1) is 28.2. The number of carbonyl (C=O) groups is 4. The van der Waals surface area contributed by atoms with Gasteiger partial charge in [0.05, 0.1) is 25.0 Å². The number of hydrogen-bond acceptors (Lipinski definition) is 8. The zero-order chi connectivity index (χ0) is 42.5. The molecule has 0 radical (unpaired) electrons. The van der Waals surface area contributed by atoms with Crippen LogP contribution in [-0.2, 0) is 28.6 Å². The molecule has 0 aromatic heterocycles. The van der Waals surface area contributed by atoms with Gasteiger partial charge in [-0.1, -0.05) is 149 Å². The van der Waals surface area contributed by atoms with E-state index in [1.165, 1.54) is 70.6 Å². The molecule has 0 bridgehead atoms. The molecule has 0 saturated carbocycles. The van der Waals surface area contributed by atoms with Crippen molar-refractivity contribution in [2.75, 3.05) is 32.8 Å². The number of carbonyl (C=O) groups excluding carboxylic acids is 2. The first kappa shape index (κ1) is 53.7. The SMILES string of the molecule is CCCCCCCCCCCCC(CCOC(=O)CCCCC(CC(CCCCCC)C(=O)O)CC(CCCCCC)C(=O)O)OC(=O)OCCCN1CCCCC1. The Balaban J connectivity index is 2.62. The third-order valence-electron chi connectivity index (χ3n) is 12.1. The summed E-state index contributed by atoms with van der Waals surface area (Å²) in [6.07, 6.45) is 29.5. The van der Waals surface area contributed by atoms with Gasteiger partial charge in [0.2, 0.25) is 0 Å². The minimum Gasteiger partial charge on any atom is -0.481 e. The van der Waals surface area contributed by atoms with Gasteiger partial charge in [0.25, 0.3) is 0 Å². The molecule has 0 aromatic rings. The van der Waals surface area contributed by atoms with Crippen molar-refractivity contribution in [2.24, 2.45) is 17.8 Å². The second-order valence-electron chi connectivity index (χ2n) is 17.4. The van der Waals surface area contributed by atoms with Crippen molar-refractivity contribution in [1.82, 2.24) is 4.90 Å². The predicted molar refractivity (Wildman–Crippen MR) is 234 cm³/mol. The molecule has 1 rings (SSSR count). The van der Waals surface area contributed by atoms with E-state index >= 15 is 0 Å². The molecular formula is C48H89NO9. The van der Waals surface area contributed by atoms with E-state index in [9.17, 15) is 29.4 Å². The Morgan fingerprint density at radius 3 is 1.53 bits per heavy atom. The van der Waals surface area contributed by atoms with Crippen LogP contribution in [0.25, 0.3) is 0 Å². The highest BCUT2D eigenvalue weighted by Crippen LogP contribution is 2.31. The summed E-state index contributed by atoms with van der Waals surface area (Å²) in [5.74, 6) is -2.87. The summed E-state index contributed by atoms with van der Waals surface area (Å²) in [6, 6.07) is 0. The lowest BCUT2D eigenvalue weighted by Gasteiger charge is -2.26. The molecular weight excluding hydrogens is 735 g/mol. The number of unbranched alkanes of at least 4 members (excludes halogenated alkanes) is 16. The van der Waals surface area contributed by atoms with E-state index in [0.717, 1.165) is 90.3 Å². The fourth-order valence-corrected chi connectivity index (χ4v) is 8.45. The molecule has 58 heavy (non-hydrogen) atoms. The summed E-state index contributed by atoms with van der Waals surface area (Å²) in [5, 5.41) is 20.1. The van der Waals surface area contributed by atoms with Gasteiger partial charge in [-0.2, -0.15) is 0 Å². The molecule has 340 valence electrons. The van der Waals surface area contributed by atoms with E-state index in [1.54, 1.807) is 0 Å². The summed E-state index contributed by atoms with van der Waals surface area (Å²) < 4.78 is 16.8. The Bertz CT molecular complexity index is 985. The van der Waals surface area contributed by atoms with E-state index in [-0.39, 0.29) is 31.0 Å². The third kappa shape index (κ3) is 30.6. The molecule has 1 fully saturated rings. The van der Waals surface area contributed by atoms with Crippen molar-refractivity contribution in [3.05, 3.63) is 0 Å². The molecule has 0 spiro atoms. The largest absolute Gasteiger partial charge is 0.508 e. The van der Waals surface area contributed by atoms with Crippen LogP contribution in [-0.4, -0.2) is 78.1 Å². The number of hydrogen-bond donors (Lipinski definition) is 2. The van der Waals surface area contributed by atoms with Gasteiger partial charge in [-0.15, -0.1) is 0 Å². The van der Waals surface area contributed by atoms with Gasteiger partial charge >= 0.3 is 24.1 Å². The van der Waals surface area contributed by atoms with Crippen LogP contribution in [0, 0.1) is 17.8 Å². The molecule has 1 aliphatic heterocycles. The summed E-state index contributed by atoms with van der Waals surface area (Å²) in [6.45, 7) is 10.2. The lowest BCUT2D eigenvalue weighted by atomic mass is 9.80. The zero-order valence-corrected chi connectivity index (χ0v) is 37.7. The highest BCUT2D eigenvalue weighted by Gasteiger charge is 2.27. The second kappa shape index (κ2) is 37.6. The monoisotopic (exact) mass is 824 g/mol. The topological polar surface area (TPSA) is 140 Å². The van der Waals surface area contributed by atoms with Crippen LogP contribution in [0.3, 0.4) is 0 Å². The number of nitrogens with zero attached hydrogens (tertiary/aromatic N) is 1. The van der Waals surface area contributed by atoms with Crippen LogP contribution < -0.4 is 0 Å². The van der Waals surface area contributed by atoms with Crippen LogP contribution in [0.5, 0.6) is 0 Å². The third-order valence-corrected chi connectivity index (χ3v) is 12.1. The van der Waals surface area contributed by atoms with Crippen LogP contribution in [0.1, 0.15) is 226 Å². The lowest BCUT2D eigenvalue weighted by Crippen LogP contribution is -2.31. The molecule has 3 unspecified atom stereocenters. The number of aliphatic carboxylic acids is 2. The Morgan fingerprint density at radius 1 is 0.517 bits per heavy atom. The van der Waals surface area contributed by atoms with Gasteiger partial charge in [-0.05, 0) is 83.2 Å². The number of esters is 1. The van der Waals surface area contributed by atoms with Crippen LogP contribution >= 0.6 is 0 Å². The first-order valence-electron chi connectivity index (χ1n) is 24.4. The summed E-state index contributed by atoms with van der Waals surface area (Å²) in [7, 11) is 0. The molecule has 1 saturated heterocycles. The van der Waals surface area contributed by atoms with E-state index in [4.69, 9.17) is 14.2 Å². The van der Waals surface area contributed by atoms with Crippen LogP contribution in [0.15, 0.2) is 0 Å². The van der Waals surface area contributed by atoms with E-state index in [2.05, 4.69) is 25.7 Å². The summed E-state index contributed by atoms with van der Waals surface area (Å²) in [4.78, 5) is 52.4. The molecule has 1 aliphatic rings. The molecule has 2 N–H and O–H groups in total. The van der Waals surface area contributed by atoms with Crippen molar-refractivity contribution in [3.8, 4) is 0 Å². The normalized spacial score (nSPS) is 15.4. The smallest absolute Gasteiger partial charge is 0.481 e. The lowest BCUT2D eigenvalue weighted by molar-refractivity contribution is -0.145. The van der Waals surface area contributed by atoms with Gasteiger partial charge in [-0.25, -0.2) is 4.79 Å². The van der Waals surface area contributed by atoms with E-state index in [0.29, 0.717) is 64.4 Å². The van der Waals surface area contributed by atoms with Crippen molar-refractivity contribution in [2.45, 2.75) is 232 Å². The van der Waals surface area contributed by atoms with Crippen LogP contribution in [0.4, 0.5) is 4.79 Å². The Morgan fingerprint density at radius 2 is 1.00 bits per heavy atom. The fourth-order valence-electron chi connectivity index (χ4n) is 8.45. The number of likely N-dealkylation sites (tertiary alicyclic amines) is 1. The molecule has 10 nitrogen and oxygen atoms in total. The van der Waals surface area contributed by atoms with Crippen molar-refractivity contribution in [1.29, 1.82) is 0 Å². The summed E-state index contributed by atoms with van der Waals surface area (Å²) >= 11 is 0. The Kier molecular flexibility index (Phi) is 34.8. The van der Waals surface area contributed by atoms with Gasteiger partial charge < -0.3 is 29.3 Å². The minimum absolute atomic E-state index is 0.0243. The fraction of sp³-hybridized carbons (Fsp3) is 0.917. The maximum Gasteiger partial charge on any atom is 0.508 e. The minimum atomic E-state index is -0.795. The molecule has 10 heteroatoms. The molecule has 0 aliphatic carbocycles. The predicted octanol–water partition coefficient (Wildman–Crippen LogP) is 12.9. The molecule has 1 heterocycles. The molecule has 3 atom stereocenters. The highest BCUT2D eigenvalue weighted by atomic mass is 16.7. The van der Waals surface area contributed by atoms with E-state index < -0.39 is 29.9 Å². The Hall–Kier alpha value is -2.36. The number of piperidine rings is 1. The maximum absolute atomic E-state index is 12.8.